The first-order valence-electron chi connectivity index (χ1n) is 6.45. The van der Waals surface area contributed by atoms with Gasteiger partial charge in [0.05, 0.1) is 17.5 Å². The van der Waals surface area contributed by atoms with Gasteiger partial charge in [0.25, 0.3) is 5.91 Å². The summed E-state index contributed by atoms with van der Waals surface area (Å²) in [5, 5.41) is 2.81. The van der Waals surface area contributed by atoms with E-state index in [-0.39, 0.29) is 5.91 Å². The van der Waals surface area contributed by atoms with Crippen LogP contribution in [0.5, 0.6) is 0 Å². The maximum atomic E-state index is 12.1. The zero-order chi connectivity index (χ0) is 14.8. The molecule has 1 amide bonds. The van der Waals surface area contributed by atoms with Gasteiger partial charge in [-0.1, -0.05) is 0 Å². The minimum absolute atomic E-state index is 0.167. The monoisotopic (exact) mass is 273 g/mol. The van der Waals surface area contributed by atoms with Gasteiger partial charge >= 0.3 is 0 Å². The minimum Gasteiger partial charge on any atom is -0.463 e. The van der Waals surface area contributed by atoms with Crippen LogP contribution in [0.1, 0.15) is 29.9 Å². The van der Waals surface area contributed by atoms with Crippen molar-refractivity contribution < 1.29 is 9.21 Å². The lowest BCUT2D eigenvalue weighted by molar-refractivity contribution is 0.0945. The Balaban J connectivity index is 2.16. The van der Waals surface area contributed by atoms with E-state index in [0.717, 1.165) is 0 Å². The van der Waals surface area contributed by atoms with E-state index in [1.54, 1.807) is 31.4 Å². The lowest BCUT2D eigenvalue weighted by atomic mass is 10.1. The molecule has 20 heavy (non-hydrogen) atoms. The van der Waals surface area contributed by atoms with Crippen molar-refractivity contribution in [3.05, 3.63) is 41.8 Å². The minimum atomic E-state index is -0.439. The molecule has 5 nitrogen and oxygen atoms in total. The number of hydrogen-bond acceptors (Lipinski definition) is 4. The molecular weight excluding hydrogens is 254 g/mol. The topological polar surface area (TPSA) is 81.2 Å². The van der Waals surface area contributed by atoms with Crippen LogP contribution in [0.2, 0.25) is 0 Å². The number of amides is 1. The second kappa shape index (κ2) is 5.46. The van der Waals surface area contributed by atoms with Crippen molar-refractivity contribution in [2.45, 2.75) is 26.3 Å². The van der Waals surface area contributed by atoms with Gasteiger partial charge in [0, 0.05) is 12.1 Å². The zero-order valence-corrected chi connectivity index (χ0v) is 11.9. The molecule has 0 atom stereocenters. The molecule has 2 aromatic rings. The van der Waals surface area contributed by atoms with Gasteiger partial charge in [0.2, 0.25) is 0 Å². The molecule has 0 aliphatic carbocycles. The van der Waals surface area contributed by atoms with E-state index >= 15 is 0 Å². The van der Waals surface area contributed by atoms with E-state index in [1.165, 1.54) is 0 Å². The Morgan fingerprint density at radius 1 is 1.40 bits per heavy atom. The zero-order valence-electron chi connectivity index (χ0n) is 11.9. The fourth-order valence-corrected chi connectivity index (χ4v) is 1.77. The summed E-state index contributed by atoms with van der Waals surface area (Å²) in [5.41, 5.74) is 7.32. The summed E-state index contributed by atoms with van der Waals surface area (Å²) in [6.07, 6.45) is 1.59. The van der Waals surface area contributed by atoms with Gasteiger partial charge in [-0.2, -0.15) is 0 Å². The van der Waals surface area contributed by atoms with Crippen molar-refractivity contribution in [3.63, 3.8) is 0 Å². The van der Waals surface area contributed by atoms with Gasteiger partial charge in [-0.25, -0.2) is 4.98 Å². The van der Waals surface area contributed by atoms with Gasteiger partial charge in [-0.05, 0) is 45.0 Å². The molecule has 0 aliphatic heterocycles. The summed E-state index contributed by atoms with van der Waals surface area (Å²) >= 11 is 0. The molecule has 0 fully saturated rings. The molecule has 0 radical (unpaired) electrons. The fraction of sp³-hybridized carbons (Fsp3) is 0.333. The molecule has 3 N–H and O–H groups in total. The van der Waals surface area contributed by atoms with Crippen LogP contribution in [-0.4, -0.2) is 23.0 Å². The molecule has 0 aliphatic rings. The van der Waals surface area contributed by atoms with Crippen molar-refractivity contribution in [3.8, 4) is 11.5 Å². The van der Waals surface area contributed by atoms with Crippen molar-refractivity contribution >= 4 is 5.91 Å². The summed E-state index contributed by atoms with van der Waals surface area (Å²) in [6.45, 7) is 5.93. The van der Waals surface area contributed by atoms with Crippen LogP contribution in [-0.2, 0) is 0 Å². The average molecular weight is 273 g/mol. The first kappa shape index (κ1) is 14.3. The number of nitrogens with one attached hydrogen (secondary N) is 1. The van der Waals surface area contributed by atoms with Crippen molar-refractivity contribution in [2.24, 2.45) is 5.73 Å². The number of carbonyl (C=O) groups is 1. The maximum absolute atomic E-state index is 12.1. The summed E-state index contributed by atoms with van der Waals surface area (Å²) in [6, 6.07) is 7.15. The Kier molecular flexibility index (Phi) is 3.90. The van der Waals surface area contributed by atoms with Gasteiger partial charge in [-0.15, -0.1) is 0 Å². The Bertz CT molecular complexity index is 598. The normalized spacial score (nSPS) is 11.4. The molecule has 0 aromatic carbocycles. The van der Waals surface area contributed by atoms with E-state index in [9.17, 15) is 4.79 Å². The molecule has 0 saturated heterocycles. The molecule has 106 valence electrons. The van der Waals surface area contributed by atoms with Crippen LogP contribution in [0, 0.1) is 6.92 Å². The number of hydrogen-bond donors (Lipinski definition) is 2. The van der Waals surface area contributed by atoms with Crippen LogP contribution in [0.3, 0.4) is 0 Å². The summed E-state index contributed by atoms with van der Waals surface area (Å²) < 4.78 is 5.29. The van der Waals surface area contributed by atoms with Crippen LogP contribution >= 0.6 is 0 Å². The number of pyridine rings is 1. The second-order valence-corrected chi connectivity index (χ2v) is 5.48. The SMILES string of the molecule is Cc1nc(-c2ccco2)ccc1C(=O)NCC(C)(C)N. The van der Waals surface area contributed by atoms with Crippen molar-refractivity contribution in [1.82, 2.24) is 10.3 Å². The van der Waals surface area contributed by atoms with Gasteiger partial charge in [-0.3, -0.25) is 4.79 Å². The predicted octanol–water partition coefficient (Wildman–Crippen LogP) is 2.12. The molecule has 2 aromatic heterocycles. The van der Waals surface area contributed by atoms with E-state index in [4.69, 9.17) is 10.2 Å². The van der Waals surface area contributed by atoms with E-state index in [0.29, 0.717) is 29.3 Å². The predicted molar refractivity (Wildman–Crippen MR) is 77.3 cm³/mol. The highest BCUT2D eigenvalue weighted by Crippen LogP contribution is 2.19. The first-order valence-corrected chi connectivity index (χ1v) is 6.45. The number of aromatic nitrogens is 1. The Morgan fingerprint density at radius 2 is 2.15 bits per heavy atom. The molecule has 2 heterocycles. The fourth-order valence-electron chi connectivity index (χ4n) is 1.77. The third-order valence-corrected chi connectivity index (χ3v) is 2.81. The van der Waals surface area contributed by atoms with E-state index in [2.05, 4.69) is 10.3 Å². The molecular formula is C15H19N3O2. The Labute approximate surface area is 118 Å². The summed E-state index contributed by atoms with van der Waals surface area (Å²) in [4.78, 5) is 16.5. The standard InChI is InChI=1S/C15H19N3O2/c1-10-11(14(19)17-9-15(2,3)16)6-7-12(18-10)13-5-4-8-20-13/h4-8H,9,16H2,1-3H3,(H,17,19). The van der Waals surface area contributed by atoms with Gasteiger partial charge < -0.3 is 15.5 Å². The number of nitrogens with two attached hydrogens (primary N) is 1. The Hall–Kier alpha value is -2.14. The van der Waals surface area contributed by atoms with Crippen LogP contribution in [0.4, 0.5) is 0 Å². The van der Waals surface area contributed by atoms with Crippen molar-refractivity contribution in [2.75, 3.05) is 6.54 Å². The number of furan rings is 1. The highest BCUT2D eigenvalue weighted by molar-refractivity contribution is 5.95. The van der Waals surface area contributed by atoms with E-state index in [1.807, 2.05) is 19.9 Å². The third-order valence-electron chi connectivity index (χ3n) is 2.81. The smallest absolute Gasteiger partial charge is 0.253 e. The van der Waals surface area contributed by atoms with E-state index < -0.39 is 5.54 Å². The average Bonchev–Trinajstić information content (AvgIpc) is 2.88. The number of aryl methyl sites for hydroxylation is 1. The lowest BCUT2D eigenvalue weighted by Gasteiger charge is -2.19. The molecule has 0 saturated carbocycles. The molecule has 0 spiro atoms. The molecule has 5 heteroatoms. The van der Waals surface area contributed by atoms with Crippen LogP contribution in [0.25, 0.3) is 11.5 Å². The lowest BCUT2D eigenvalue weighted by Crippen LogP contribution is -2.45. The number of carbonyl (C=O) groups excluding carboxylic acids is 1. The highest BCUT2D eigenvalue weighted by Gasteiger charge is 2.16. The largest absolute Gasteiger partial charge is 0.463 e. The maximum Gasteiger partial charge on any atom is 0.253 e. The number of rotatable bonds is 4. The Morgan fingerprint density at radius 3 is 2.70 bits per heavy atom. The third kappa shape index (κ3) is 3.45. The van der Waals surface area contributed by atoms with Crippen molar-refractivity contribution in [1.29, 1.82) is 0 Å². The van der Waals surface area contributed by atoms with Gasteiger partial charge in [0.15, 0.2) is 5.76 Å². The summed E-state index contributed by atoms with van der Waals surface area (Å²) in [7, 11) is 0. The molecule has 0 bridgehead atoms. The van der Waals surface area contributed by atoms with Crippen LogP contribution in [0.15, 0.2) is 34.9 Å². The first-order chi connectivity index (χ1) is 9.37. The molecule has 0 unspecified atom stereocenters. The number of nitrogens with zero attached hydrogens (tertiary/aromatic N) is 1. The van der Waals surface area contributed by atoms with Crippen LogP contribution < -0.4 is 11.1 Å². The quantitative estimate of drug-likeness (QED) is 0.894. The molecule has 2 rings (SSSR count). The highest BCUT2D eigenvalue weighted by atomic mass is 16.3. The van der Waals surface area contributed by atoms with Gasteiger partial charge in [0.1, 0.15) is 5.69 Å². The summed E-state index contributed by atoms with van der Waals surface area (Å²) in [5.74, 6) is 0.516. The second-order valence-electron chi connectivity index (χ2n) is 5.48.